The van der Waals surface area contributed by atoms with Gasteiger partial charge in [-0.25, -0.2) is 0 Å². The van der Waals surface area contributed by atoms with Gasteiger partial charge >= 0.3 is 0 Å². The van der Waals surface area contributed by atoms with Crippen LogP contribution in [-0.2, 0) is 21.3 Å². The van der Waals surface area contributed by atoms with Crippen molar-refractivity contribution in [1.82, 2.24) is 4.90 Å². The highest BCUT2D eigenvalue weighted by Crippen LogP contribution is 2.56. The zero-order valence-electron chi connectivity index (χ0n) is 14.8. The van der Waals surface area contributed by atoms with E-state index in [9.17, 15) is 5.11 Å². The second kappa shape index (κ2) is 6.32. The number of aromatic hydroxyl groups is 1. The minimum absolute atomic E-state index is 0.180. The third-order valence-corrected chi connectivity index (χ3v) is 6.74. The minimum atomic E-state index is 0.180. The summed E-state index contributed by atoms with van der Waals surface area (Å²) in [5.74, 6) is 1.09. The van der Waals surface area contributed by atoms with E-state index in [2.05, 4.69) is 18.0 Å². The van der Waals surface area contributed by atoms with Crippen molar-refractivity contribution in [2.75, 3.05) is 33.9 Å². The van der Waals surface area contributed by atoms with Gasteiger partial charge in [0.1, 0.15) is 5.75 Å². The molecule has 4 rings (SSSR count). The molecule has 24 heavy (non-hydrogen) atoms. The largest absolute Gasteiger partial charge is 0.508 e. The SMILES string of the molecule is COCCO[C@@H]1CCC2[C@H]3Cc4ccc(O)cc4[C@@]2(CCN3C)C1. The highest BCUT2D eigenvalue weighted by molar-refractivity contribution is 5.45. The van der Waals surface area contributed by atoms with Crippen molar-refractivity contribution in [2.24, 2.45) is 5.92 Å². The predicted octanol–water partition coefficient (Wildman–Crippen LogP) is 2.72. The Morgan fingerprint density at radius 1 is 1.29 bits per heavy atom. The molecule has 2 fully saturated rings. The fraction of sp³-hybridized carbons (Fsp3) is 0.700. The van der Waals surface area contributed by atoms with Crippen LogP contribution < -0.4 is 0 Å². The summed E-state index contributed by atoms with van der Waals surface area (Å²) in [6.45, 7) is 2.48. The molecule has 2 aliphatic carbocycles. The van der Waals surface area contributed by atoms with Crippen LogP contribution in [0.25, 0.3) is 0 Å². The number of hydrogen-bond acceptors (Lipinski definition) is 4. The Bertz CT molecular complexity index is 605. The molecule has 1 aliphatic heterocycles. The van der Waals surface area contributed by atoms with E-state index in [4.69, 9.17) is 9.47 Å². The Kier molecular flexibility index (Phi) is 4.31. The lowest BCUT2D eigenvalue weighted by Gasteiger charge is -2.59. The number of phenols is 1. The molecule has 1 N–H and O–H groups in total. The molecule has 0 radical (unpaired) electrons. The topological polar surface area (TPSA) is 41.9 Å². The Morgan fingerprint density at radius 3 is 3.00 bits per heavy atom. The van der Waals surface area contributed by atoms with Crippen molar-refractivity contribution < 1.29 is 14.6 Å². The normalized spacial score (nSPS) is 35.3. The van der Waals surface area contributed by atoms with Crippen molar-refractivity contribution in [2.45, 2.75) is 49.7 Å². The smallest absolute Gasteiger partial charge is 0.115 e. The molecule has 132 valence electrons. The average molecular weight is 331 g/mol. The van der Waals surface area contributed by atoms with Crippen LogP contribution in [0.1, 0.15) is 36.8 Å². The Labute approximate surface area is 144 Å². The molecule has 4 atom stereocenters. The molecular formula is C20H29NO3. The van der Waals surface area contributed by atoms with Crippen LogP contribution >= 0.6 is 0 Å². The van der Waals surface area contributed by atoms with Gasteiger partial charge in [-0.2, -0.15) is 0 Å². The van der Waals surface area contributed by atoms with Crippen molar-refractivity contribution in [3.63, 3.8) is 0 Å². The number of hydrogen-bond donors (Lipinski definition) is 1. The molecule has 0 amide bonds. The molecule has 0 spiro atoms. The summed E-state index contributed by atoms with van der Waals surface area (Å²) in [4.78, 5) is 2.56. The molecule has 1 aromatic carbocycles. The summed E-state index contributed by atoms with van der Waals surface area (Å²) in [6, 6.07) is 6.67. The maximum Gasteiger partial charge on any atom is 0.115 e. The number of rotatable bonds is 4. The first-order chi connectivity index (χ1) is 11.6. The van der Waals surface area contributed by atoms with Gasteiger partial charge in [-0.15, -0.1) is 0 Å². The zero-order chi connectivity index (χ0) is 16.7. The summed E-state index contributed by atoms with van der Waals surface area (Å²) in [5, 5.41) is 10.1. The van der Waals surface area contributed by atoms with Gasteiger partial charge in [0.15, 0.2) is 0 Å². The van der Waals surface area contributed by atoms with Crippen LogP contribution in [0.15, 0.2) is 18.2 Å². The van der Waals surface area contributed by atoms with Crippen molar-refractivity contribution >= 4 is 0 Å². The molecule has 0 aromatic heterocycles. The number of likely N-dealkylation sites (N-methyl/N-ethyl adjacent to an activating group) is 1. The fourth-order valence-corrected chi connectivity index (χ4v) is 5.61. The van der Waals surface area contributed by atoms with Crippen LogP contribution in [0, 0.1) is 5.92 Å². The van der Waals surface area contributed by atoms with Gasteiger partial charge in [-0.1, -0.05) is 6.07 Å². The molecule has 4 nitrogen and oxygen atoms in total. The second-order valence-corrected chi connectivity index (χ2v) is 7.87. The van der Waals surface area contributed by atoms with Crippen LogP contribution in [0.5, 0.6) is 5.75 Å². The first-order valence-corrected chi connectivity index (χ1v) is 9.27. The van der Waals surface area contributed by atoms with E-state index in [0.717, 1.165) is 25.8 Å². The highest BCUT2D eigenvalue weighted by Gasteiger charge is 2.55. The molecule has 3 aliphatic rings. The van der Waals surface area contributed by atoms with Crippen molar-refractivity contribution in [3.05, 3.63) is 29.3 Å². The first-order valence-electron chi connectivity index (χ1n) is 9.27. The summed E-state index contributed by atoms with van der Waals surface area (Å²) in [6.07, 6.45) is 6.06. The average Bonchev–Trinajstić information content (AvgIpc) is 2.59. The Morgan fingerprint density at radius 2 is 2.17 bits per heavy atom. The van der Waals surface area contributed by atoms with E-state index < -0.39 is 0 Å². The van der Waals surface area contributed by atoms with E-state index in [1.165, 1.54) is 24.0 Å². The number of benzene rings is 1. The maximum atomic E-state index is 10.1. The molecule has 1 unspecified atom stereocenters. The quantitative estimate of drug-likeness (QED) is 0.862. The molecule has 2 bridgehead atoms. The molecule has 1 heterocycles. The number of methoxy groups -OCH3 is 1. The standard InChI is InChI=1S/C20H29NO3/c1-21-8-7-20-13-16(24-10-9-23-2)5-6-17(20)19(21)11-14-3-4-15(22)12-18(14)20/h3-4,12,16-17,19,22H,5-11,13H2,1-2H3/t16-,17?,19-,20+/m1/s1. The minimum Gasteiger partial charge on any atom is -0.508 e. The van der Waals surface area contributed by atoms with E-state index in [1.54, 1.807) is 7.11 Å². The third kappa shape index (κ3) is 2.56. The van der Waals surface area contributed by atoms with Gasteiger partial charge in [-0.3, -0.25) is 0 Å². The van der Waals surface area contributed by atoms with Gasteiger partial charge < -0.3 is 19.5 Å². The third-order valence-electron chi connectivity index (χ3n) is 6.74. The molecule has 1 saturated heterocycles. The monoisotopic (exact) mass is 331 g/mol. The predicted molar refractivity (Wildman–Crippen MR) is 93.5 cm³/mol. The van der Waals surface area contributed by atoms with Gasteiger partial charge in [0.25, 0.3) is 0 Å². The second-order valence-electron chi connectivity index (χ2n) is 7.87. The summed E-state index contributed by atoms with van der Waals surface area (Å²) >= 11 is 0. The number of phenolic OH excluding ortho intramolecular Hbond substituents is 1. The van der Waals surface area contributed by atoms with Gasteiger partial charge in [-0.05, 0) is 74.9 Å². The summed E-state index contributed by atoms with van der Waals surface area (Å²) < 4.78 is 11.3. The van der Waals surface area contributed by atoms with E-state index in [1.807, 2.05) is 12.1 Å². The number of ether oxygens (including phenoxy) is 2. The van der Waals surface area contributed by atoms with Crippen LogP contribution in [-0.4, -0.2) is 56.1 Å². The Hall–Kier alpha value is -1.10. The summed E-state index contributed by atoms with van der Waals surface area (Å²) in [7, 11) is 4.00. The molecule has 1 aromatic rings. The van der Waals surface area contributed by atoms with E-state index >= 15 is 0 Å². The zero-order valence-corrected chi connectivity index (χ0v) is 14.8. The van der Waals surface area contributed by atoms with Crippen LogP contribution in [0.4, 0.5) is 0 Å². The van der Waals surface area contributed by atoms with Gasteiger partial charge in [0.05, 0.1) is 19.3 Å². The number of fused-ring (bicyclic) bond motifs is 1. The van der Waals surface area contributed by atoms with Crippen LogP contribution in [0.2, 0.25) is 0 Å². The maximum absolute atomic E-state index is 10.1. The van der Waals surface area contributed by atoms with Crippen molar-refractivity contribution in [1.29, 1.82) is 0 Å². The lowest BCUT2D eigenvalue weighted by molar-refractivity contribution is -0.0724. The summed E-state index contributed by atoms with van der Waals surface area (Å²) in [5.41, 5.74) is 3.01. The van der Waals surface area contributed by atoms with E-state index in [0.29, 0.717) is 37.0 Å². The fourth-order valence-electron chi connectivity index (χ4n) is 5.61. The van der Waals surface area contributed by atoms with Gasteiger partial charge in [0, 0.05) is 18.6 Å². The lowest BCUT2D eigenvalue weighted by Crippen LogP contribution is -2.61. The molecule has 4 heteroatoms. The number of likely N-dealkylation sites (tertiary alicyclic amines) is 1. The van der Waals surface area contributed by atoms with Crippen LogP contribution in [0.3, 0.4) is 0 Å². The Balaban J connectivity index is 1.68. The molecular weight excluding hydrogens is 302 g/mol. The first kappa shape index (κ1) is 16.4. The highest BCUT2D eigenvalue weighted by atomic mass is 16.5. The molecule has 1 saturated carbocycles. The number of nitrogens with zero attached hydrogens (tertiary/aromatic N) is 1. The van der Waals surface area contributed by atoms with Gasteiger partial charge in [0.2, 0.25) is 0 Å². The van der Waals surface area contributed by atoms with Crippen molar-refractivity contribution in [3.8, 4) is 5.75 Å². The lowest BCUT2D eigenvalue weighted by atomic mass is 9.52. The number of piperidine rings is 1. The van der Waals surface area contributed by atoms with E-state index in [-0.39, 0.29) is 5.41 Å².